The quantitative estimate of drug-likeness (QED) is 0.179. The number of carboxylic acid groups (broad SMARTS) is 2. The molecule has 0 amide bonds. The molecule has 0 aliphatic rings. The summed E-state index contributed by atoms with van der Waals surface area (Å²) >= 11 is 7.30. The Morgan fingerprint density at radius 1 is 1.00 bits per heavy atom. The summed E-state index contributed by atoms with van der Waals surface area (Å²) in [6, 6.07) is -1.63. The van der Waals surface area contributed by atoms with Crippen molar-refractivity contribution in [3.8, 4) is 0 Å². The van der Waals surface area contributed by atoms with Crippen LogP contribution in [0.3, 0.4) is 0 Å². The molecule has 0 heterocycles. The van der Waals surface area contributed by atoms with Crippen LogP contribution >= 0.6 is 25.3 Å². The van der Waals surface area contributed by atoms with E-state index in [1.807, 2.05) is 0 Å². The first kappa shape index (κ1) is 25.6. The minimum Gasteiger partial charge on any atom is -1.00 e. The van der Waals surface area contributed by atoms with E-state index in [1.54, 1.807) is 0 Å². The molecule has 0 rings (SSSR count). The SMILES string of the molecule is NC(CS)C(=O)O.NC(CS)C(=O)O.[Cl-].[Hg+2]. The first-order chi connectivity index (χ1) is 6.36. The van der Waals surface area contributed by atoms with Crippen molar-refractivity contribution in [2.75, 3.05) is 11.5 Å². The fourth-order valence-corrected chi connectivity index (χ4v) is 0.469. The van der Waals surface area contributed by atoms with E-state index in [4.69, 9.17) is 21.7 Å². The van der Waals surface area contributed by atoms with Crippen LogP contribution in [0.1, 0.15) is 0 Å². The van der Waals surface area contributed by atoms with Crippen LogP contribution in [-0.2, 0) is 37.3 Å². The molecule has 10 heteroatoms. The van der Waals surface area contributed by atoms with Gasteiger partial charge in [0.2, 0.25) is 0 Å². The largest absolute Gasteiger partial charge is 2.00 e. The third kappa shape index (κ3) is 17.2. The van der Waals surface area contributed by atoms with Crippen LogP contribution in [0.15, 0.2) is 0 Å². The van der Waals surface area contributed by atoms with Crippen LogP contribution in [0.4, 0.5) is 0 Å². The normalized spacial score (nSPS) is 11.8. The van der Waals surface area contributed by atoms with Gasteiger partial charge in [-0.2, -0.15) is 25.3 Å². The average molecular weight is 478 g/mol. The van der Waals surface area contributed by atoms with E-state index in [2.05, 4.69) is 25.3 Å². The van der Waals surface area contributed by atoms with Gasteiger partial charge in [0.15, 0.2) is 0 Å². The summed E-state index contributed by atoms with van der Waals surface area (Å²) in [6.45, 7) is 0. The fraction of sp³-hybridized carbons (Fsp3) is 0.667. The molecule has 16 heavy (non-hydrogen) atoms. The van der Waals surface area contributed by atoms with Gasteiger partial charge >= 0.3 is 39.6 Å². The van der Waals surface area contributed by atoms with Gasteiger partial charge in [0.25, 0.3) is 0 Å². The molecule has 92 valence electrons. The molecule has 0 aromatic heterocycles. The van der Waals surface area contributed by atoms with Gasteiger partial charge < -0.3 is 34.1 Å². The van der Waals surface area contributed by atoms with Gasteiger partial charge in [-0.05, 0) is 0 Å². The van der Waals surface area contributed by atoms with Crippen LogP contribution in [0, 0.1) is 0 Å². The minimum absolute atomic E-state index is 0. The van der Waals surface area contributed by atoms with Gasteiger partial charge in [-0.25, -0.2) is 0 Å². The second kappa shape index (κ2) is 15.8. The molecule has 0 aliphatic carbocycles. The first-order valence-electron chi connectivity index (χ1n) is 3.55. The second-order valence-corrected chi connectivity index (χ2v) is 2.98. The van der Waals surface area contributed by atoms with Gasteiger partial charge in [-0.15, -0.1) is 0 Å². The molecular formula is C6H14ClHgN2O4S2+. The number of aliphatic carboxylic acids is 2. The van der Waals surface area contributed by atoms with Gasteiger partial charge in [0.05, 0.1) is 0 Å². The third-order valence-electron chi connectivity index (χ3n) is 1.03. The Morgan fingerprint density at radius 2 is 1.19 bits per heavy atom. The van der Waals surface area contributed by atoms with Crippen molar-refractivity contribution in [1.29, 1.82) is 0 Å². The summed E-state index contributed by atoms with van der Waals surface area (Å²) in [4.78, 5) is 19.5. The standard InChI is InChI=1S/2C3H7NO2S.ClH.Hg/c2*4-2(1-7)3(5)6;;/h2*2,7H,1,4H2,(H,5,6);1H;/q;;;+2/p-1. The first-order valence-corrected chi connectivity index (χ1v) is 4.81. The second-order valence-electron chi connectivity index (χ2n) is 2.25. The van der Waals surface area contributed by atoms with Crippen molar-refractivity contribution in [2.24, 2.45) is 11.5 Å². The molecule has 0 aromatic rings. The van der Waals surface area contributed by atoms with Crippen molar-refractivity contribution in [3.05, 3.63) is 0 Å². The maximum Gasteiger partial charge on any atom is 2.00 e. The van der Waals surface area contributed by atoms with Gasteiger partial charge in [0.1, 0.15) is 12.1 Å². The monoisotopic (exact) mass is 479 g/mol. The van der Waals surface area contributed by atoms with Crippen molar-refractivity contribution in [3.63, 3.8) is 0 Å². The number of carboxylic acids is 2. The van der Waals surface area contributed by atoms with E-state index in [0.717, 1.165) is 0 Å². The molecule has 0 spiro atoms. The molecule has 6 N–H and O–H groups in total. The molecule has 0 fully saturated rings. The zero-order valence-electron chi connectivity index (χ0n) is 8.41. The molecule has 0 saturated carbocycles. The van der Waals surface area contributed by atoms with Gasteiger partial charge in [-0.3, -0.25) is 9.59 Å². The van der Waals surface area contributed by atoms with Crippen molar-refractivity contribution < 1.29 is 59.9 Å². The van der Waals surface area contributed by atoms with E-state index in [-0.39, 0.29) is 51.6 Å². The Balaban J connectivity index is -0.0000000800. The predicted molar refractivity (Wildman–Crippen MR) is 58.9 cm³/mol. The third-order valence-corrected chi connectivity index (χ3v) is 1.81. The van der Waals surface area contributed by atoms with Crippen LogP contribution in [0.25, 0.3) is 0 Å². The number of rotatable bonds is 4. The van der Waals surface area contributed by atoms with Crippen LogP contribution < -0.4 is 23.9 Å². The van der Waals surface area contributed by atoms with Crippen molar-refractivity contribution >= 4 is 37.2 Å². The van der Waals surface area contributed by atoms with Gasteiger partial charge in [-0.1, -0.05) is 0 Å². The van der Waals surface area contributed by atoms with Crippen LogP contribution in [0.2, 0.25) is 0 Å². The maximum absolute atomic E-state index is 9.76. The van der Waals surface area contributed by atoms with Crippen molar-refractivity contribution in [1.82, 2.24) is 0 Å². The zero-order chi connectivity index (χ0) is 11.7. The Morgan fingerprint density at radius 3 is 1.19 bits per heavy atom. The Kier molecular flexibility index (Phi) is 25.2. The van der Waals surface area contributed by atoms with Gasteiger partial charge in [0, 0.05) is 11.5 Å². The van der Waals surface area contributed by atoms with E-state index in [0.29, 0.717) is 0 Å². The molecule has 2 atom stereocenters. The van der Waals surface area contributed by atoms with Crippen molar-refractivity contribution in [2.45, 2.75) is 12.1 Å². The smallest absolute Gasteiger partial charge is 1.00 e. The Labute approximate surface area is 131 Å². The molecular weight excluding hydrogens is 464 g/mol. The van der Waals surface area contributed by atoms with E-state index in [1.165, 1.54) is 0 Å². The summed E-state index contributed by atoms with van der Waals surface area (Å²) in [5, 5.41) is 16.0. The summed E-state index contributed by atoms with van der Waals surface area (Å²) in [6.07, 6.45) is 0. The maximum atomic E-state index is 9.76. The summed E-state index contributed by atoms with van der Waals surface area (Å²) < 4.78 is 0. The molecule has 6 nitrogen and oxygen atoms in total. The van der Waals surface area contributed by atoms with E-state index < -0.39 is 24.0 Å². The summed E-state index contributed by atoms with van der Waals surface area (Å²) in [5.41, 5.74) is 9.88. The molecule has 0 radical (unpaired) electrons. The Hall–Kier alpha value is 0.785. The number of halogens is 1. The van der Waals surface area contributed by atoms with Crippen LogP contribution in [-0.4, -0.2) is 45.7 Å². The number of hydrogen-bond donors (Lipinski definition) is 6. The molecule has 0 aromatic carbocycles. The predicted octanol–water partition coefficient (Wildman–Crippen LogP) is -4.34. The number of hydrogen-bond acceptors (Lipinski definition) is 6. The zero-order valence-corrected chi connectivity index (χ0v) is 16.5. The molecule has 0 aliphatic heterocycles. The van der Waals surface area contributed by atoms with E-state index in [9.17, 15) is 9.59 Å². The summed E-state index contributed by atoms with van der Waals surface area (Å²) in [7, 11) is 0. The average Bonchev–Trinajstić information content (AvgIpc) is 2.15. The Bertz CT molecular complexity index is 181. The fourth-order valence-electron chi connectivity index (χ4n) is 0.156. The topological polar surface area (TPSA) is 127 Å². The van der Waals surface area contributed by atoms with Crippen LogP contribution in [0.5, 0.6) is 0 Å². The van der Waals surface area contributed by atoms with E-state index >= 15 is 0 Å². The molecule has 2 unspecified atom stereocenters. The number of thiol groups is 2. The summed E-state index contributed by atoms with van der Waals surface area (Å²) in [5.74, 6) is -1.63. The molecule has 0 saturated heterocycles. The molecule has 0 bridgehead atoms. The minimum atomic E-state index is -1.00. The number of nitrogens with two attached hydrogens (primary N) is 2. The number of carbonyl (C=O) groups is 2.